The van der Waals surface area contributed by atoms with Crippen molar-refractivity contribution in [2.75, 3.05) is 19.7 Å². The Hall–Kier alpha value is -1.36. The predicted molar refractivity (Wildman–Crippen MR) is 89.3 cm³/mol. The van der Waals surface area contributed by atoms with Crippen LogP contribution in [0.3, 0.4) is 0 Å². The van der Waals surface area contributed by atoms with Gasteiger partial charge < -0.3 is 19.7 Å². The lowest BCUT2D eigenvalue weighted by Gasteiger charge is -2.17. The van der Waals surface area contributed by atoms with Gasteiger partial charge in [0.1, 0.15) is 0 Å². The van der Waals surface area contributed by atoms with Crippen molar-refractivity contribution in [2.24, 2.45) is 0 Å². The summed E-state index contributed by atoms with van der Waals surface area (Å²) in [7, 11) is 0. The second kappa shape index (κ2) is 6.82. The van der Waals surface area contributed by atoms with E-state index >= 15 is 0 Å². The van der Waals surface area contributed by atoms with E-state index in [1.54, 1.807) is 0 Å². The van der Waals surface area contributed by atoms with Gasteiger partial charge in [-0.15, -0.1) is 0 Å². The first-order valence-corrected chi connectivity index (χ1v) is 8.21. The normalized spacial score (nSPS) is 19.9. The Bertz CT molecular complexity index is 629. The number of fused-ring (bicyclic) bond motifs is 1. The number of aromatic nitrogens is 1. The molecule has 1 fully saturated rings. The van der Waals surface area contributed by atoms with Crippen LogP contribution >= 0.6 is 0 Å². The van der Waals surface area contributed by atoms with Gasteiger partial charge in [-0.2, -0.15) is 0 Å². The number of rotatable bonds is 6. The highest BCUT2D eigenvalue weighted by Crippen LogP contribution is 2.25. The van der Waals surface area contributed by atoms with E-state index in [1.165, 1.54) is 22.2 Å². The molecule has 2 atom stereocenters. The van der Waals surface area contributed by atoms with Crippen LogP contribution < -0.4 is 5.32 Å². The summed E-state index contributed by atoms with van der Waals surface area (Å²) < 4.78 is 7.81. The molecule has 2 N–H and O–H groups in total. The van der Waals surface area contributed by atoms with E-state index in [0.717, 1.165) is 26.0 Å². The minimum Gasteiger partial charge on any atom is -0.390 e. The Morgan fingerprint density at radius 2 is 2.18 bits per heavy atom. The summed E-state index contributed by atoms with van der Waals surface area (Å²) >= 11 is 0. The SMILES string of the molecule is Cc1c(C)n(C[C@@H](O)CNC[C@H]2CCCO2)c2ccccc12. The highest BCUT2D eigenvalue weighted by atomic mass is 16.5. The van der Waals surface area contributed by atoms with Crippen LogP contribution in [0.5, 0.6) is 0 Å². The third-order valence-electron chi connectivity index (χ3n) is 4.72. The van der Waals surface area contributed by atoms with Crippen LogP contribution in [0.4, 0.5) is 0 Å². The maximum Gasteiger partial charge on any atom is 0.0843 e. The number of hydrogen-bond acceptors (Lipinski definition) is 3. The van der Waals surface area contributed by atoms with Gasteiger partial charge in [-0.25, -0.2) is 0 Å². The summed E-state index contributed by atoms with van der Waals surface area (Å²) in [5, 5.41) is 15.0. The van der Waals surface area contributed by atoms with Crippen LogP contribution in [0.2, 0.25) is 0 Å². The maximum atomic E-state index is 10.3. The van der Waals surface area contributed by atoms with E-state index in [2.05, 4.69) is 48.0 Å². The molecule has 2 aromatic rings. The minimum atomic E-state index is -0.393. The lowest BCUT2D eigenvalue weighted by atomic mass is 10.2. The smallest absolute Gasteiger partial charge is 0.0843 e. The van der Waals surface area contributed by atoms with E-state index in [4.69, 9.17) is 4.74 Å². The number of ether oxygens (including phenoxy) is 1. The fraction of sp³-hybridized carbons (Fsp3) is 0.556. The van der Waals surface area contributed by atoms with Crippen molar-refractivity contribution in [3.8, 4) is 0 Å². The second-order valence-electron chi connectivity index (χ2n) is 6.29. The Kier molecular flexibility index (Phi) is 4.81. The zero-order valence-corrected chi connectivity index (χ0v) is 13.5. The molecule has 4 heteroatoms. The lowest BCUT2D eigenvalue weighted by Crippen LogP contribution is -2.35. The van der Waals surface area contributed by atoms with Crippen molar-refractivity contribution in [1.82, 2.24) is 9.88 Å². The molecule has 1 aliphatic rings. The molecule has 0 radical (unpaired) electrons. The molecule has 1 aromatic heterocycles. The Balaban J connectivity index is 1.61. The van der Waals surface area contributed by atoms with Crippen molar-refractivity contribution in [2.45, 2.75) is 45.4 Å². The average Bonchev–Trinajstić information content (AvgIpc) is 3.11. The largest absolute Gasteiger partial charge is 0.390 e. The van der Waals surface area contributed by atoms with Crippen molar-refractivity contribution >= 4 is 10.9 Å². The number of para-hydroxylation sites is 1. The number of benzene rings is 1. The molecular weight excluding hydrogens is 276 g/mol. The third kappa shape index (κ3) is 3.19. The van der Waals surface area contributed by atoms with Crippen LogP contribution in [0, 0.1) is 13.8 Å². The molecule has 0 aliphatic carbocycles. The Labute approximate surface area is 132 Å². The molecule has 0 bridgehead atoms. The number of hydrogen-bond donors (Lipinski definition) is 2. The number of aliphatic hydroxyl groups excluding tert-OH is 1. The van der Waals surface area contributed by atoms with Gasteiger partial charge in [0.25, 0.3) is 0 Å². The van der Waals surface area contributed by atoms with E-state index in [0.29, 0.717) is 19.2 Å². The molecule has 1 aliphatic heterocycles. The van der Waals surface area contributed by atoms with Crippen LogP contribution in [0.25, 0.3) is 10.9 Å². The number of nitrogens with one attached hydrogen (secondary N) is 1. The Morgan fingerprint density at radius 3 is 2.95 bits per heavy atom. The molecule has 22 heavy (non-hydrogen) atoms. The fourth-order valence-corrected chi connectivity index (χ4v) is 3.33. The van der Waals surface area contributed by atoms with Crippen molar-refractivity contribution in [3.63, 3.8) is 0 Å². The quantitative estimate of drug-likeness (QED) is 0.861. The standard InChI is InChI=1S/C18H26N2O2/c1-13-14(2)20(18-8-4-3-7-17(13)18)12-15(21)10-19-11-16-6-5-9-22-16/h3-4,7-8,15-16,19,21H,5-6,9-12H2,1-2H3/t15-,16+/m0/s1. The van der Waals surface area contributed by atoms with E-state index in [-0.39, 0.29) is 0 Å². The van der Waals surface area contributed by atoms with Gasteiger partial charge in [0, 0.05) is 36.3 Å². The molecule has 4 nitrogen and oxygen atoms in total. The van der Waals surface area contributed by atoms with Gasteiger partial charge in [-0.3, -0.25) is 0 Å². The minimum absolute atomic E-state index is 0.323. The zero-order chi connectivity index (χ0) is 15.5. The van der Waals surface area contributed by atoms with Crippen molar-refractivity contribution in [3.05, 3.63) is 35.5 Å². The molecule has 0 amide bonds. The summed E-state index contributed by atoms with van der Waals surface area (Å²) in [6, 6.07) is 8.40. The average molecular weight is 302 g/mol. The van der Waals surface area contributed by atoms with Crippen molar-refractivity contribution in [1.29, 1.82) is 0 Å². The maximum absolute atomic E-state index is 10.3. The van der Waals surface area contributed by atoms with E-state index in [1.807, 2.05) is 0 Å². The second-order valence-corrected chi connectivity index (χ2v) is 6.29. The topological polar surface area (TPSA) is 46.4 Å². The van der Waals surface area contributed by atoms with Crippen LogP contribution in [0.15, 0.2) is 24.3 Å². The molecule has 0 spiro atoms. The summed E-state index contributed by atoms with van der Waals surface area (Å²) in [6.45, 7) is 7.21. The summed E-state index contributed by atoms with van der Waals surface area (Å²) in [4.78, 5) is 0. The zero-order valence-electron chi connectivity index (χ0n) is 13.5. The highest BCUT2D eigenvalue weighted by molar-refractivity contribution is 5.85. The first-order chi connectivity index (χ1) is 10.7. The van der Waals surface area contributed by atoms with Gasteiger partial charge >= 0.3 is 0 Å². The van der Waals surface area contributed by atoms with Crippen molar-refractivity contribution < 1.29 is 9.84 Å². The van der Waals surface area contributed by atoms with Crippen LogP contribution in [0.1, 0.15) is 24.1 Å². The monoisotopic (exact) mass is 302 g/mol. The number of aliphatic hydroxyl groups is 1. The third-order valence-corrected chi connectivity index (χ3v) is 4.72. The van der Waals surface area contributed by atoms with Crippen LogP contribution in [-0.2, 0) is 11.3 Å². The first kappa shape index (κ1) is 15.5. The summed E-state index contributed by atoms with van der Waals surface area (Å²) in [5.41, 5.74) is 3.74. The summed E-state index contributed by atoms with van der Waals surface area (Å²) in [5.74, 6) is 0. The first-order valence-electron chi connectivity index (χ1n) is 8.21. The lowest BCUT2D eigenvalue weighted by molar-refractivity contribution is 0.101. The number of aryl methyl sites for hydroxylation is 1. The Morgan fingerprint density at radius 1 is 1.36 bits per heavy atom. The van der Waals surface area contributed by atoms with Gasteiger partial charge in [-0.05, 0) is 38.3 Å². The van der Waals surface area contributed by atoms with Gasteiger partial charge in [0.15, 0.2) is 0 Å². The molecule has 3 rings (SSSR count). The predicted octanol–water partition coefficient (Wildman–Crippen LogP) is 2.39. The van der Waals surface area contributed by atoms with Gasteiger partial charge in [0.2, 0.25) is 0 Å². The highest BCUT2D eigenvalue weighted by Gasteiger charge is 2.16. The molecule has 0 saturated carbocycles. The van der Waals surface area contributed by atoms with E-state index < -0.39 is 6.10 Å². The molecular formula is C18H26N2O2. The fourth-order valence-electron chi connectivity index (χ4n) is 3.33. The molecule has 2 heterocycles. The number of nitrogens with zero attached hydrogens (tertiary/aromatic N) is 1. The van der Waals surface area contributed by atoms with Gasteiger partial charge in [-0.1, -0.05) is 18.2 Å². The van der Waals surface area contributed by atoms with Gasteiger partial charge in [0.05, 0.1) is 18.8 Å². The molecule has 1 aromatic carbocycles. The summed E-state index contributed by atoms with van der Waals surface area (Å²) in [6.07, 6.45) is 2.21. The van der Waals surface area contributed by atoms with E-state index in [9.17, 15) is 5.11 Å². The molecule has 1 saturated heterocycles. The molecule has 0 unspecified atom stereocenters. The van der Waals surface area contributed by atoms with Crippen LogP contribution in [-0.4, -0.2) is 41.6 Å². The molecule has 120 valence electrons.